The average Bonchev–Trinajstić information content (AvgIpc) is 2.54. The van der Waals surface area contributed by atoms with Crippen LogP contribution in [0.4, 0.5) is 0 Å². The molecule has 0 saturated carbocycles. The van der Waals surface area contributed by atoms with Crippen LogP contribution in [0.25, 0.3) is 0 Å². The van der Waals surface area contributed by atoms with Gasteiger partial charge in [0, 0.05) is 17.9 Å². The molecule has 0 saturated heterocycles. The highest BCUT2D eigenvalue weighted by atomic mass is 15.0. The summed E-state index contributed by atoms with van der Waals surface area (Å²) < 4.78 is 2.25. The molecule has 0 radical (unpaired) electrons. The van der Waals surface area contributed by atoms with Gasteiger partial charge in [0.15, 0.2) is 0 Å². The Morgan fingerprint density at radius 2 is 2.45 bits per heavy atom. The molecule has 0 aromatic carbocycles. The van der Waals surface area contributed by atoms with E-state index in [0.717, 1.165) is 18.5 Å². The summed E-state index contributed by atoms with van der Waals surface area (Å²) in [6.45, 7) is 3.17. The third-order valence-electron chi connectivity index (χ3n) is 2.33. The first-order valence-corrected chi connectivity index (χ1v) is 3.92. The van der Waals surface area contributed by atoms with E-state index < -0.39 is 0 Å². The summed E-state index contributed by atoms with van der Waals surface area (Å²) in [6, 6.07) is 4.21. The van der Waals surface area contributed by atoms with Gasteiger partial charge in [-0.3, -0.25) is 0 Å². The largest absolute Gasteiger partial charge is 0.348 e. The monoisotopic (exact) mass is 146 g/mol. The van der Waals surface area contributed by atoms with Crippen LogP contribution in [0.3, 0.4) is 0 Å². The maximum Gasteiger partial charge on any atom is 0.101 e. The van der Waals surface area contributed by atoms with Crippen LogP contribution < -0.4 is 0 Å². The quantitative estimate of drug-likeness (QED) is 0.546. The molecular weight excluding hydrogens is 136 g/mol. The Hall–Kier alpha value is -1.23. The summed E-state index contributed by atoms with van der Waals surface area (Å²) >= 11 is 0. The highest BCUT2D eigenvalue weighted by Gasteiger charge is 2.16. The molecule has 0 N–H and O–H groups in total. The van der Waals surface area contributed by atoms with Crippen LogP contribution in [0.1, 0.15) is 23.4 Å². The number of hydrogen-bond acceptors (Lipinski definition) is 1. The minimum Gasteiger partial charge on any atom is -0.348 e. The SMILES string of the molecule is Cc1cc(C#N)c2n1CCC2. The first-order valence-electron chi connectivity index (χ1n) is 3.92. The van der Waals surface area contributed by atoms with E-state index in [2.05, 4.69) is 17.6 Å². The fraction of sp³-hybridized carbons (Fsp3) is 0.444. The van der Waals surface area contributed by atoms with Gasteiger partial charge < -0.3 is 4.57 Å². The van der Waals surface area contributed by atoms with Gasteiger partial charge in [-0.15, -0.1) is 0 Å². The second-order valence-electron chi connectivity index (χ2n) is 3.01. The molecule has 0 unspecified atom stereocenters. The number of nitrogens with zero attached hydrogens (tertiary/aromatic N) is 2. The van der Waals surface area contributed by atoms with Crippen molar-refractivity contribution in [2.45, 2.75) is 26.3 Å². The van der Waals surface area contributed by atoms with Crippen molar-refractivity contribution in [3.05, 3.63) is 23.0 Å². The zero-order valence-corrected chi connectivity index (χ0v) is 6.59. The molecule has 0 bridgehead atoms. The summed E-state index contributed by atoms with van der Waals surface area (Å²) in [5.41, 5.74) is 3.35. The molecule has 0 amide bonds. The molecule has 0 fully saturated rings. The number of fused-ring (bicyclic) bond motifs is 1. The van der Waals surface area contributed by atoms with Gasteiger partial charge in [-0.05, 0) is 25.8 Å². The zero-order valence-electron chi connectivity index (χ0n) is 6.59. The number of aromatic nitrogens is 1. The van der Waals surface area contributed by atoms with Crippen molar-refractivity contribution in [1.82, 2.24) is 4.57 Å². The van der Waals surface area contributed by atoms with E-state index in [4.69, 9.17) is 5.26 Å². The van der Waals surface area contributed by atoms with Crippen LogP contribution in [-0.2, 0) is 13.0 Å². The Morgan fingerprint density at radius 3 is 3.18 bits per heavy atom. The molecule has 2 nitrogen and oxygen atoms in total. The summed E-state index contributed by atoms with van der Waals surface area (Å²) in [5.74, 6) is 0. The van der Waals surface area contributed by atoms with Crippen LogP contribution in [0, 0.1) is 18.3 Å². The third kappa shape index (κ3) is 0.775. The average molecular weight is 146 g/mol. The minimum atomic E-state index is 0.875. The van der Waals surface area contributed by atoms with Crippen LogP contribution in [-0.4, -0.2) is 4.57 Å². The van der Waals surface area contributed by atoms with Crippen LogP contribution in [0.2, 0.25) is 0 Å². The molecule has 1 aromatic heterocycles. The highest BCUT2D eigenvalue weighted by Crippen LogP contribution is 2.22. The van der Waals surface area contributed by atoms with E-state index in [1.54, 1.807) is 0 Å². The standard InChI is InChI=1S/C9H10N2/c1-7-5-8(6-10)9-3-2-4-11(7)9/h5H,2-4H2,1H3. The Kier molecular flexibility index (Phi) is 1.25. The number of rotatable bonds is 0. The smallest absolute Gasteiger partial charge is 0.101 e. The van der Waals surface area contributed by atoms with E-state index in [0.29, 0.717) is 0 Å². The van der Waals surface area contributed by atoms with Gasteiger partial charge in [0.2, 0.25) is 0 Å². The molecule has 2 heteroatoms. The van der Waals surface area contributed by atoms with E-state index in [1.165, 1.54) is 17.8 Å². The molecule has 0 spiro atoms. The third-order valence-corrected chi connectivity index (χ3v) is 2.33. The molecule has 2 rings (SSSR count). The molecule has 2 heterocycles. The maximum absolute atomic E-state index is 8.75. The van der Waals surface area contributed by atoms with E-state index in [9.17, 15) is 0 Å². The Bertz CT molecular complexity index is 328. The maximum atomic E-state index is 8.75. The topological polar surface area (TPSA) is 28.7 Å². The van der Waals surface area contributed by atoms with Gasteiger partial charge >= 0.3 is 0 Å². The molecule has 11 heavy (non-hydrogen) atoms. The van der Waals surface area contributed by atoms with Gasteiger partial charge in [0.25, 0.3) is 0 Å². The second-order valence-corrected chi connectivity index (χ2v) is 3.01. The van der Waals surface area contributed by atoms with Crippen molar-refractivity contribution in [1.29, 1.82) is 5.26 Å². The molecule has 1 aromatic rings. The van der Waals surface area contributed by atoms with Crippen LogP contribution in [0.5, 0.6) is 0 Å². The van der Waals surface area contributed by atoms with Crippen LogP contribution >= 0.6 is 0 Å². The lowest BCUT2D eigenvalue weighted by Crippen LogP contribution is -1.93. The van der Waals surface area contributed by atoms with Crippen molar-refractivity contribution < 1.29 is 0 Å². The highest BCUT2D eigenvalue weighted by molar-refractivity contribution is 5.39. The number of hydrogen-bond donors (Lipinski definition) is 0. The zero-order chi connectivity index (χ0) is 7.84. The van der Waals surface area contributed by atoms with Crippen molar-refractivity contribution >= 4 is 0 Å². The van der Waals surface area contributed by atoms with Crippen molar-refractivity contribution in [3.8, 4) is 6.07 Å². The molecular formula is C9H10N2. The van der Waals surface area contributed by atoms with E-state index >= 15 is 0 Å². The Balaban J connectivity index is 2.63. The molecule has 1 aliphatic heterocycles. The van der Waals surface area contributed by atoms with E-state index in [1.807, 2.05) is 6.07 Å². The first kappa shape index (κ1) is 6.48. The lowest BCUT2D eigenvalue weighted by atomic mass is 10.2. The van der Waals surface area contributed by atoms with Crippen molar-refractivity contribution in [2.24, 2.45) is 0 Å². The Morgan fingerprint density at radius 1 is 1.64 bits per heavy atom. The molecule has 1 aliphatic rings. The number of aryl methyl sites for hydroxylation is 1. The Labute approximate surface area is 66.1 Å². The second kappa shape index (κ2) is 2.13. The van der Waals surface area contributed by atoms with Gasteiger partial charge in [-0.1, -0.05) is 0 Å². The summed E-state index contributed by atoms with van der Waals surface area (Å²) in [4.78, 5) is 0. The normalized spacial score (nSPS) is 14.5. The van der Waals surface area contributed by atoms with Crippen LogP contribution in [0.15, 0.2) is 6.07 Å². The molecule has 56 valence electrons. The van der Waals surface area contributed by atoms with Gasteiger partial charge in [0.05, 0.1) is 5.56 Å². The lowest BCUT2D eigenvalue weighted by Gasteiger charge is -1.97. The van der Waals surface area contributed by atoms with Crippen molar-refractivity contribution in [3.63, 3.8) is 0 Å². The first-order chi connectivity index (χ1) is 5.33. The predicted octanol–water partition coefficient (Wildman–Crippen LogP) is 1.61. The van der Waals surface area contributed by atoms with E-state index in [-0.39, 0.29) is 0 Å². The van der Waals surface area contributed by atoms with Crippen molar-refractivity contribution in [2.75, 3.05) is 0 Å². The van der Waals surface area contributed by atoms with Gasteiger partial charge in [-0.2, -0.15) is 5.26 Å². The number of nitriles is 1. The minimum absolute atomic E-state index is 0.875. The van der Waals surface area contributed by atoms with Gasteiger partial charge in [-0.25, -0.2) is 0 Å². The molecule has 0 atom stereocenters. The summed E-state index contributed by atoms with van der Waals surface area (Å²) in [6.07, 6.45) is 2.28. The van der Waals surface area contributed by atoms with Gasteiger partial charge in [0.1, 0.15) is 6.07 Å². The lowest BCUT2D eigenvalue weighted by molar-refractivity contribution is 0.729. The predicted molar refractivity (Wildman–Crippen MR) is 42.2 cm³/mol. The fourth-order valence-electron chi connectivity index (χ4n) is 1.81. The fourth-order valence-corrected chi connectivity index (χ4v) is 1.81. The molecule has 0 aliphatic carbocycles. The summed E-state index contributed by atoms with van der Waals surface area (Å²) in [7, 11) is 0. The summed E-state index contributed by atoms with van der Waals surface area (Å²) in [5, 5.41) is 8.75.